The number of nitrogens with two attached hydrogens (primary N) is 2. The number of hydrogen-bond acceptors (Lipinski definition) is 18. The summed E-state index contributed by atoms with van der Waals surface area (Å²) in [5, 5.41) is 50.3. The zero-order chi connectivity index (χ0) is 42.2. The van der Waals surface area contributed by atoms with Gasteiger partial charge in [0.25, 0.3) is 17.7 Å². The molecule has 4 heterocycles. The van der Waals surface area contributed by atoms with Gasteiger partial charge >= 0.3 is 11.9 Å². The maximum Gasteiger partial charge on any atom is 0.352 e. The van der Waals surface area contributed by atoms with E-state index in [4.69, 9.17) is 16.3 Å². The van der Waals surface area contributed by atoms with Crippen LogP contribution in [0.1, 0.15) is 51.0 Å². The zero-order valence-corrected chi connectivity index (χ0v) is 32.8. The highest BCUT2D eigenvalue weighted by atomic mass is 32.2. The van der Waals surface area contributed by atoms with Gasteiger partial charge in [0.05, 0.1) is 22.6 Å². The number of aliphatic carboxylic acids is 2. The minimum absolute atomic E-state index is 0.0106. The van der Waals surface area contributed by atoms with Gasteiger partial charge in [0.2, 0.25) is 11.0 Å². The fourth-order valence-electron chi connectivity index (χ4n) is 5.14. The molecular weight excluding hydrogens is 791 g/mol. The number of aromatic nitrogens is 1. The molecule has 1 fully saturated rings. The second-order valence-electron chi connectivity index (χ2n) is 13.0. The van der Waals surface area contributed by atoms with Gasteiger partial charge in [-0.2, -0.15) is 4.73 Å². The number of amidine groups is 1. The molecule has 2 atom stereocenters. The van der Waals surface area contributed by atoms with Crippen molar-refractivity contribution in [2.75, 3.05) is 32.1 Å². The largest absolute Gasteiger partial charge is 0.503 e. The van der Waals surface area contributed by atoms with Crippen molar-refractivity contribution in [3.05, 3.63) is 62.5 Å². The molecule has 3 aliphatic heterocycles. The van der Waals surface area contributed by atoms with Gasteiger partial charge in [-0.3, -0.25) is 24.1 Å². The first kappa shape index (κ1) is 43.6. The number of carbonyl (C=O) groups is 5. The second kappa shape index (κ2) is 18.6. The molecule has 22 nitrogen and oxygen atoms in total. The smallest absolute Gasteiger partial charge is 0.352 e. The Morgan fingerprint density at radius 3 is 2.60 bits per heavy atom. The Balaban J connectivity index is 1.44. The summed E-state index contributed by atoms with van der Waals surface area (Å²) >= 11 is 2.08. The molecule has 11 N–H and O–H groups in total. The topological polar surface area (TPSA) is 329 Å². The molecule has 4 rings (SSSR count). The first-order chi connectivity index (χ1) is 26.9. The maximum atomic E-state index is 13.5. The standard InChI is InChI=1S/C33H43N11O11S2/c1-5-6-7-22(34)57-41-16(2)23(40-55-33(3,4)32(52)53)28(48)39-24-29(49)44-25(31(50)51)17(14-56-30(24)44)11-42-12-18(26(35)38-15-42)36-8-9-37-27(47)19-10-20(45)21(46)13-43(19)54/h7,10,12-13,24,30,36,46,54H,5-6,8-9,11,14-15,34H2,1-4H3,(H2,35,38)(H,37,47)(H,39,48)(H,50,51)(H,52,53)/b22-7+,40-23-,41-16+/t24-,30?/m1/s1. The third-order valence-electron chi connectivity index (χ3n) is 8.27. The Kier molecular flexibility index (Phi) is 14.2. The Bertz CT molecular complexity index is 2060. The normalized spacial score (nSPS) is 18.9. The summed E-state index contributed by atoms with van der Waals surface area (Å²) in [7, 11) is 0. The van der Waals surface area contributed by atoms with Crippen LogP contribution in [0, 0.1) is 0 Å². The number of carboxylic acid groups (broad SMARTS) is 2. The number of pyridine rings is 1. The van der Waals surface area contributed by atoms with E-state index in [2.05, 4.69) is 30.5 Å². The SMILES string of the molecule is CCC/C=C(\N)S/N=C(C)/C(=N/OC(C)(C)C(=O)O)C(=O)N[C@@H]1C(=O)N2C(C(=O)O)=C(CN3C=C(NCCNC(=O)c4cc(=O)c(O)cn4O)C(N)=NC3)CSC12. The van der Waals surface area contributed by atoms with E-state index in [-0.39, 0.29) is 49.3 Å². The number of unbranched alkanes of at least 4 members (excludes halogenated alkanes) is 1. The summed E-state index contributed by atoms with van der Waals surface area (Å²) in [6, 6.07) is -0.391. The van der Waals surface area contributed by atoms with E-state index in [9.17, 15) is 49.3 Å². The van der Waals surface area contributed by atoms with E-state index in [0.717, 1.165) is 29.3 Å². The summed E-state index contributed by atoms with van der Waals surface area (Å²) < 4.78 is 4.53. The number of amides is 3. The third-order valence-corrected chi connectivity index (χ3v) is 10.4. The van der Waals surface area contributed by atoms with Crippen molar-refractivity contribution in [2.45, 2.75) is 57.6 Å². The fraction of sp³-hybridized carbons (Fsp3) is 0.424. The number of carboxylic acids is 2. The molecule has 0 radical (unpaired) electrons. The van der Waals surface area contributed by atoms with E-state index < -0.39 is 69.3 Å². The number of fused-ring (bicyclic) bond motifs is 1. The van der Waals surface area contributed by atoms with Gasteiger partial charge in [-0.15, -0.1) is 11.8 Å². The molecule has 24 heteroatoms. The highest BCUT2D eigenvalue weighted by molar-refractivity contribution is 8.02. The second-order valence-corrected chi connectivity index (χ2v) is 15.0. The van der Waals surface area contributed by atoms with Crippen LogP contribution < -0.4 is 32.8 Å². The van der Waals surface area contributed by atoms with E-state index in [1.807, 2.05) is 6.92 Å². The number of rotatable bonds is 18. The van der Waals surface area contributed by atoms with Crippen LogP contribution in [-0.4, -0.2) is 131 Å². The molecule has 1 saturated heterocycles. The van der Waals surface area contributed by atoms with Gasteiger partial charge in [-0.1, -0.05) is 24.6 Å². The monoisotopic (exact) mass is 833 g/mol. The number of nitrogens with zero attached hydrogens (tertiary/aromatic N) is 6. The summed E-state index contributed by atoms with van der Waals surface area (Å²) in [6.45, 7) is 6.08. The third kappa shape index (κ3) is 10.6. The lowest BCUT2D eigenvalue weighted by Crippen LogP contribution is -2.71. The summed E-state index contributed by atoms with van der Waals surface area (Å²) in [5.74, 6) is -5.57. The average Bonchev–Trinajstić information content (AvgIpc) is 3.15. The zero-order valence-electron chi connectivity index (χ0n) is 31.2. The van der Waals surface area contributed by atoms with E-state index in [1.165, 1.54) is 32.5 Å². The van der Waals surface area contributed by atoms with Crippen molar-refractivity contribution in [3.63, 3.8) is 0 Å². The van der Waals surface area contributed by atoms with Gasteiger partial charge in [-0.25, -0.2) is 19.0 Å². The van der Waals surface area contributed by atoms with Crippen molar-refractivity contribution >= 4 is 70.6 Å². The number of nitrogens with one attached hydrogen (secondary N) is 3. The lowest BCUT2D eigenvalue weighted by atomic mass is 10.0. The predicted octanol–water partition coefficient (Wildman–Crippen LogP) is -0.734. The molecule has 0 spiro atoms. The molecular formula is C33H43N11O11S2. The highest BCUT2D eigenvalue weighted by Gasteiger charge is 2.54. The molecule has 0 bridgehead atoms. The molecule has 3 amide bonds. The van der Waals surface area contributed by atoms with Crippen LogP contribution in [-0.2, 0) is 24.0 Å². The van der Waals surface area contributed by atoms with Crippen LogP contribution >= 0.6 is 23.7 Å². The number of β-lactam (4-membered cyclic amide) rings is 1. The Morgan fingerprint density at radius 1 is 1.21 bits per heavy atom. The van der Waals surface area contributed by atoms with Gasteiger partial charge < -0.3 is 57.7 Å². The average molecular weight is 834 g/mol. The first-order valence-electron chi connectivity index (χ1n) is 17.2. The lowest BCUT2D eigenvalue weighted by molar-refractivity contribution is -0.161. The minimum atomic E-state index is -1.82. The van der Waals surface area contributed by atoms with Crippen molar-refractivity contribution < 1.29 is 49.3 Å². The Hall–Kier alpha value is -6.17. The molecule has 308 valence electrons. The van der Waals surface area contributed by atoms with Crippen LogP contribution in [0.3, 0.4) is 0 Å². The van der Waals surface area contributed by atoms with Gasteiger partial charge in [-0.05, 0) is 32.8 Å². The number of allylic oxidation sites excluding steroid dienone is 1. The van der Waals surface area contributed by atoms with E-state index in [1.54, 1.807) is 17.2 Å². The Morgan fingerprint density at radius 2 is 1.93 bits per heavy atom. The lowest BCUT2D eigenvalue weighted by Gasteiger charge is -2.49. The number of thioether (sulfide) groups is 1. The number of carbonyl (C=O) groups excluding carboxylic acids is 3. The number of aliphatic imine (C=N–C) groups is 1. The van der Waals surface area contributed by atoms with Gasteiger partial charge in [0.15, 0.2) is 11.5 Å². The van der Waals surface area contributed by atoms with Crippen LogP contribution in [0.5, 0.6) is 5.75 Å². The van der Waals surface area contributed by atoms with Crippen molar-refractivity contribution in [3.8, 4) is 5.75 Å². The number of oxime groups is 1. The molecule has 0 aliphatic carbocycles. The van der Waals surface area contributed by atoms with Crippen LogP contribution in [0.4, 0.5) is 0 Å². The molecule has 57 heavy (non-hydrogen) atoms. The molecule has 3 aliphatic rings. The number of aromatic hydroxyl groups is 1. The minimum Gasteiger partial charge on any atom is -0.503 e. The molecule has 1 unspecified atom stereocenters. The summed E-state index contributed by atoms with van der Waals surface area (Å²) in [4.78, 5) is 87.4. The summed E-state index contributed by atoms with van der Waals surface area (Å²) in [5.41, 5.74) is 9.02. The molecule has 1 aromatic rings. The predicted molar refractivity (Wildman–Crippen MR) is 209 cm³/mol. The van der Waals surface area contributed by atoms with Crippen molar-refractivity contribution in [2.24, 2.45) is 26.0 Å². The van der Waals surface area contributed by atoms with Crippen molar-refractivity contribution in [1.82, 2.24) is 30.5 Å². The highest BCUT2D eigenvalue weighted by Crippen LogP contribution is 2.40. The van der Waals surface area contributed by atoms with Gasteiger partial charge in [0.1, 0.15) is 35.3 Å². The number of hydrogen-bond donors (Lipinski definition) is 9. The molecule has 0 aromatic carbocycles. The van der Waals surface area contributed by atoms with E-state index in [0.29, 0.717) is 33.6 Å². The molecule has 1 aromatic heterocycles. The van der Waals surface area contributed by atoms with Gasteiger partial charge in [0, 0.05) is 49.6 Å². The summed E-state index contributed by atoms with van der Waals surface area (Å²) in [6.07, 6.45) is 5.58. The van der Waals surface area contributed by atoms with E-state index >= 15 is 0 Å². The van der Waals surface area contributed by atoms with Crippen LogP contribution in [0.15, 0.2) is 65.9 Å². The maximum absolute atomic E-state index is 13.5. The van der Waals surface area contributed by atoms with Crippen LogP contribution in [0.2, 0.25) is 0 Å². The first-order valence-corrected chi connectivity index (χ1v) is 19.0. The quantitative estimate of drug-likeness (QED) is 0.0220. The van der Waals surface area contributed by atoms with Crippen LogP contribution in [0.25, 0.3) is 0 Å². The molecule has 0 saturated carbocycles. The Labute approximate surface area is 333 Å². The van der Waals surface area contributed by atoms with Crippen molar-refractivity contribution in [1.29, 1.82) is 0 Å². The fourth-order valence-corrected chi connectivity index (χ4v) is 7.00.